The summed E-state index contributed by atoms with van der Waals surface area (Å²) in [5.74, 6) is 0.289. The van der Waals surface area contributed by atoms with Crippen molar-refractivity contribution in [2.45, 2.75) is 38.1 Å². The molecule has 1 aliphatic heterocycles. The summed E-state index contributed by atoms with van der Waals surface area (Å²) in [4.78, 5) is 13.1. The van der Waals surface area contributed by atoms with E-state index in [2.05, 4.69) is 13.8 Å². The third-order valence-corrected chi connectivity index (χ3v) is 6.19. The van der Waals surface area contributed by atoms with Crippen LogP contribution in [0.15, 0.2) is 29.2 Å². The molecule has 0 saturated carbocycles. The van der Waals surface area contributed by atoms with Crippen LogP contribution in [0, 0.1) is 5.92 Å². The summed E-state index contributed by atoms with van der Waals surface area (Å²) in [5.41, 5.74) is 0.669. The van der Waals surface area contributed by atoms with Crippen molar-refractivity contribution >= 4 is 21.6 Å². The van der Waals surface area contributed by atoms with Crippen LogP contribution >= 0.6 is 0 Å². The Hall–Kier alpha value is -1.44. The van der Waals surface area contributed by atoms with Gasteiger partial charge in [0.1, 0.15) is 0 Å². The van der Waals surface area contributed by atoms with Crippen molar-refractivity contribution in [3.63, 3.8) is 0 Å². The molecule has 0 aliphatic carbocycles. The second-order valence-corrected chi connectivity index (χ2v) is 8.44. The first kappa shape index (κ1) is 18.9. The van der Waals surface area contributed by atoms with E-state index in [1.165, 1.54) is 11.8 Å². The fourth-order valence-electron chi connectivity index (χ4n) is 2.84. The Kier molecular flexibility index (Phi) is 6.01. The molecule has 1 saturated heterocycles. The van der Waals surface area contributed by atoms with Gasteiger partial charge in [-0.05, 0) is 36.6 Å². The van der Waals surface area contributed by atoms with Gasteiger partial charge < -0.3 is 9.64 Å². The quantitative estimate of drug-likeness (QED) is 0.812. The number of hydrogen-bond acceptors (Lipinski definition) is 4. The number of rotatable bonds is 5. The second-order valence-electron chi connectivity index (χ2n) is 6.55. The molecule has 1 fully saturated rings. The lowest BCUT2D eigenvalue weighted by molar-refractivity contribution is -0.116. The number of amides is 1. The van der Waals surface area contributed by atoms with Crippen LogP contribution in [0.25, 0.3) is 0 Å². The van der Waals surface area contributed by atoms with Crippen LogP contribution in [0.4, 0.5) is 5.69 Å². The van der Waals surface area contributed by atoms with Gasteiger partial charge >= 0.3 is 0 Å². The highest BCUT2D eigenvalue weighted by Crippen LogP contribution is 2.25. The molecule has 1 aromatic carbocycles. The average molecular weight is 354 g/mol. The minimum atomic E-state index is -3.57. The van der Waals surface area contributed by atoms with E-state index >= 15 is 0 Å². The van der Waals surface area contributed by atoms with Crippen molar-refractivity contribution in [2.75, 3.05) is 31.7 Å². The topological polar surface area (TPSA) is 66.9 Å². The molecule has 134 valence electrons. The highest BCUT2D eigenvalue weighted by atomic mass is 32.2. The molecule has 24 heavy (non-hydrogen) atoms. The lowest BCUT2D eigenvalue weighted by Gasteiger charge is -2.35. The van der Waals surface area contributed by atoms with Crippen LogP contribution in [-0.4, -0.2) is 51.5 Å². The molecule has 1 aromatic rings. The van der Waals surface area contributed by atoms with Crippen molar-refractivity contribution in [1.29, 1.82) is 0 Å². The van der Waals surface area contributed by atoms with E-state index in [1.807, 2.05) is 0 Å². The molecule has 1 heterocycles. The Labute approximate surface area is 144 Å². The van der Waals surface area contributed by atoms with E-state index in [4.69, 9.17) is 4.74 Å². The second kappa shape index (κ2) is 7.63. The molecule has 0 unspecified atom stereocenters. The number of morpholine rings is 1. The van der Waals surface area contributed by atoms with Gasteiger partial charge in [0.25, 0.3) is 0 Å². The number of nitrogens with zero attached hydrogens (tertiary/aromatic N) is 2. The molecule has 0 bridgehead atoms. The van der Waals surface area contributed by atoms with E-state index in [0.29, 0.717) is 31.4 Å². The first-order valence-electron chi connectivity index (χ1n) is 8.17. The molecule has 2 rings (SSSR count). The van der Waals surface area contributed by atoms with Crippen LogP contribution in [-0.2, 0) is 19.6 Å². The van der Waals surface area contributed by atoms with Gasteiger partial charge in [-0.25, -0.2) is 8.42 Å². The monoisotopic (exact) mass is 354 g/mol. The molecule has 0 spiro atoms. The number of carbonyl (C=O) groups excluding carboxylic acids is 1. The zero-order valence-corrected chi connectivity index (χ0v) is 15.5. The first-order chi connectivity index (χ1) is 11.2. The smallest absolute Gasteiger partial charge is 0.243 e. The van der Waals surface area contributed by atoms with Gasteiger partial charge in [-0.2, -0.15) is 4.31 Å². The molecule has 0 aromatic heterocycles. The number of sulfonamides is 1. The van der Waals surface area contributed by atoms with Gasteiger partial charge in [0.2, 0.25) is 15.9 Å². The van der Waals surface area contributed by atoms with Crippen molar-refractivity contribution < 1.29 is 17.9 Å². The summed E-state index contributed by atoms with van der Waals surface area (Å²) in [6, 6.07) is 6.31. The van der Waals surface area contributed by atoms with Gasteiger partial charge in [-0.15, -0.1) is 0 Å². The maximum absolute atomic E-state index is 13.0. The van der Waals surface area contributed by atoms with E-state index in [1.54, 1.807) is 35.6 Å². The van der Waals surface area contributed by atoms with Gasteiger partial charge in [0.15, 0.2) is 0 Å². The molecule has 1 aliphatic rings. The van der Waals surface area contributed by atoms with Gasteiger partial charge in [0.05, 0.1) is 18.1 Å². The number of hydrogen-bond donors (Lipinski definition) is 0. The van der Waals surface area contributed by atoms with Crippen LogP contribution in [0.3, 0.4) is 0 Å². The number of anilines is 1. The Bertz CT molecular complexity index is 670. The van der Waals surface area contributed by atoms with Crippen molar-refractivity contribution in [3.8, 4) is 0 Å². The molecule has 1 atom stereocenters. The maximum atomic E-state index is 13.0. The molecule has 0 radical (unpaired) electrons. The minimum Gasteiger partial charge on any atom is -0.378 e. The van der Waals surface area contributed by atoms with Crippen LogP contribution in [0.1, 0.15) is 27.2 Å². The molecule has 1 amide bonds. The third kappa shape index (κ3) is 4.15. The van der Waals surface area contributed by atoms with Crippen molar-refractivity contribution in [2.24, 2.45) is 5.92 Å². The van der Waals surface area contributed by atoms with E-state index < -0.39 is 10.0 Å². The molecular weight excluding hydrogens is 328 g/mol. The Morgan fingerprint density at radius 2 is 1.96 bits per heavy atom. The fraction of sp³-hybridized carbons (Fsp3) is 0.588. The van der Waals surface area contributed by atoms with E-state index in [-0.39, 0.29) is 16.8 Å². The highest BCUT2D eigenvalue weighted by Gasteiger charge is 2.34. The lowest BCUT2D eigenvalue weighted by atomic mass is 10.0. The summed E-state index contributed by atoms with van der Waals surface area (Å²) in [6.45, 7) is 6.84. The first-order valence-corrected chi connectivity index (χ1v) is 9.61. The van der Waals surface area contributed by atoms with Gasteiger partial charge in [-0.3, -0.25) is 4.79 Å². The molecule has 6 nitrogen and oxygen atoms in total. The number of ether oxygens (including phenoxy) is 1. The van der Waals surface area contributed by atoms with Gasteiger partial charge in [0, 0.05) is 32.2 Å². The average Bonchev–Trinajstić information content (AvgIpc) is 2.54. The minimum absolute atomic E-state index is 0.101. The van der Waals surface area contributed by atoms with Gasteiger partial charge in [-0.1, -0.05) is 13.8 Å². The van der Waals surface area contributed by atoms with Crippen LogP contribution in [0.2, 0.25) is 0 Å². The predicted octanol–water partition coefficient (Wildman–Crippen LogP) is 2.10. The van der Waals surface area contributed by atoms with E-state index in [0.717, 1.165) is 6.42 Å². The van der Waals surface area contributed by atoms with Crippen molar-refractivity contribution in [3.05, 3.63) is 24.3 Å². The predicted molar refractivity (Wildman–Crippen MR) is 93.5 cm³/mol. The largest absolute Gasteiger partial charge is 0.378 e. The SMILES string of the molecule is CC(=O)N(C)c1ccc(S(=O)(=O)N2CCOC[C@@H]2CC(C)C)cc1. The molecular formula is C17H26N2O4S. The summed E-state index contributed by atoms with van der Waals surface area (Å²) in [5, 5.41) is 0. The Morgan fingerprint density at radius 1 is 1.33 bits per heavy atom. The van der Waals surface area contributed by atoms with Crippen LogP contribution < -0.4 is 4.90 Å². The summed E-state index contributed by atoms with van der Waals surface area (Å²) >= 11 is 0. The standard InChI is InChI=1S/C17H26N2O4S/c1-13(2)11-16-12-23-10-9-19(16)24(21,22)17-7-5-15(6-8-17)18(4)14(3)20/h5-8,13,16H,9-12H2,1-4H3/t16-/m0/s1. The zero-order valence-electron chi connectivity index (χ0n) is 14.7. The molecule has 0 N–H and O–H groups in total. The maximum Gasteiger partial charge on any atom is 0.243 e. The normalized spacial score (nSPS) is 19.5. The fourth-order valence-corrected chi connectivity index (χ4v) is 4.45. The summed E-state index contributed by atoms with van der Waals surface area (Å²) in [7, 11) is -1.91. The zero-order chi connectivity index (χ0) is 17.9. The summed E-state index contributed by atoms with van der Waals surface area (Å²) in [6.07, 6.45) is 0.768. The summed E-state index contributed by atoms with van der Waals surface area (Å²) < 4.78 is 33.0. The van der Waals surface area contributed by atoms with E-state index in [9.17, 15) is 13.2 Å². The Morgan fingerprint density at radius 3 is 2.50 bits per heavy atom. The lowest BCUT2D eigenvalue weighted by Crippen LogP contribution is -2.49. The third-order valence-electron chi connectivity index (χ3n) is 4.22. The molecule has 7 heteroatoms. The number of benzene rings is 1. The Balaban J connectivity index is 2.26. The van der Waals surface area contributed by atoms with Crippen LogP contribution in [0.5, 0.6) is 0 Å². The highest BCUT2D eigenvalue weighted by molar-refractivity contribution is 7.89. The van der Waals surface area contributed by atoms with Crippen molar-refractivity contribution in [1.82, 2.24) is 4.31 Å². The number of carbonyl (C=O) groups is 1.